The highest BCUT2D eigenvalue weighted by atomic mass is 19.2. The zero-order valence-corrected chi connectivity index (χ0v) is 11.6. The third-order valence-electron chi connectivity index (χ3n) is 3.18. The summed E-state index contributed by atoms with van der Waals surface area (Å²) in [7, 11) is 0. The van der Waals surface area contributed by atoms with Crippen molar-refractivity contribution in [3.63, 3.8) is 0 Å². The third-order valence-corrected chi connectivity index (χ3v) is 3.18. The minimum atomic E-state index is -1.38. The molecule has 1 aromatic rings. The summed E-state index contributed by atoms with van der Waals surface area (Å²) < 4.78 is 40.0. The molecule has 0 saturated carbocycles. The Morgan fingerprint density at radius 1 is 1.00 bits per heavy atom. The van der Waals surface area contributed by atoms with Crippen LogP contribution in [0.3, 0.4) is 0 Å². The molecule has 0 spiro atoms. The number of hydrogen-bond donors (Lipinski definition) is 1. The van der Waals surface area contributed by atoms with E-state index in [0.717, 1.165) is 44.7 Å². The topological polar surface area (TPSA) is 12.0 Å². The zero-order chi connectivity index (χ0) is 14.3. The summed E-state index contributed by atoms with van der Waals surface area (Å²) in [6, 6.07) is 2.09. The molecule has 1 N–H and O–H groups in total. The Kier molecular flexibility index (Phi) is 6.92. The van der Waals surface area contributed by atoms with E-state index in [2.05, 4.69) is 12.2 Å². The number of unbranched alkanes of at least 4 members (excludes halogenated alkanes) is 2. The van der Waals surface area contributed by atoms with Gasteiger partial charge in [0.05, 0.1) is 0 Å². The Hall–Kier alpha value is -1.03. The predicted molar refractivity (Wildman–Crippen MR) is 71.5 cm³/mol. The zero-order valence-electron chi connectivity index (χ0n) is 11.6. The van der Waals surface area contributed by atoms with Crippen LogP contribution in [-0.2, 0) is 0 Å². The fourth-order valence-corrected chi connectivity index (χ4v) is 2.09. The molecular formula is C15H22F3N. The summed E-state index contributed by atoms with van der Waals surface area (Å²) in [5.41, 5.74) is 0.225. The highest BCUT2D eigenvalue weighted by Crippen LogP contribution is 2.25. The van der Waals surface area contributed by atoms with Crippen LogP contribution < -0.4 is 5.32 Å². The lowest BCUT2D eigenvalue weighted by atomic mass is 9.99. The van der Waals surface area contributed by atoms with E-state index in [0.29, 0.717) is 0 Å². The van der Waals surface area contributed by atoms with Gasteiger partial charge in [-0.05, 0) is 25.5 Å². The van der Waals surface area contributed by atoms with Gasteiger partial charge in [-0.2, -0.15) is 0 Å². The number of hydrogen-bond acceptors (Lipinski definition) is 1. The van der Waals surface area contributed by atoms with E-state index in [1.54, 1.807) is 0 Å². The summed E-state index contributed by atoms with van der Waals surface area (Å²) in [6.45, 7) is 4.83. The minimum absolute atomic E-state index is 0.225. The molecule has 1 aromatic carbocycles. The van der Waals surface area contributed by atoms with Crippen LogP contribution in [0.1, 0.15) is 57.6 Å². The van der Waals surface area contributed by atoms with E-state index in [1.165, 1.54) is 6.07 Å². The second-order valence-electron chi connectivity index (χ2n) is 4.77. The van der Waals surface area contributed by atoms with Gasteiger partial charge >= 0.3 is 0 Å². The quantitative estimate of drug-likeness (QED) is 0.533. The van der Waals surface area contributed by atoms with Crippen LogP contribution in [0, 0.1) is 17.5 Å². The molecule has 1 rings (SSSR count). The Morgan fingerprint density at radius 3 is 2.37 bits per heavy atom. The number of rotatable bonds is 8. The minimum Gasteiger partial charge on any atom is -0.310 e. The predicted octanol–water partition coefficient (Wildman–Crippen LogP) is 4.72. The van der Waals surface area contributed by atoms with E-state index in [-0.39, 0.29) is 11.6 Å². The lowest BCUT2D eigenvalue weighted by Gasteiger charge is -2.20. The number of benzene rings is 1. The number of nitrogens with one attached hydrogen (secondary N) is 1. The van der Waals surface area contributed by atoms with Gasteiger partial charge in [0.2, 0.25) is 0 Å². The van der Waals surface area contributed by atoms with Crippen molar-refractivity contribution in [2.24, 2.45) is 0 Å². The van der Waals surface area contributed by atoms with Crippen LogP contribution in [-0.4, -0.2) is 6.54 Å². The Morgan fingerprint density at radius 2 is 1.74 bits per heavy atom. The molecule has 0 aliphatic carbocycles. The average molecular weight is 273 g/mol. The van der Waals surface area contributed by atoms with Crippen molar-refractivity contribution in [3.8, 4) is 0 Å². The summed E-state index contributed by atoms with van der Waals surface area (Å²) in [5, 5.41) is 3.20. The maximum absolute atomic E-state index is 13.8. The van der Waals surface area contributed by atoms with Gasteiger partial charge in [0.25, 0.3) is 0 Å². The normalized spacial score (nSPS) is 12.7. The van der Waals surface area contributed by atoms with Crippen LogP contribution in [0.15, 0.2) is 12.1 Å². The van der Waals surface area contributed by atoms with Gasteiger partial charge in [-0.3, -0.25) is 0 Å². The SMILES string of the molecule is CCCCCC(NCCC)c1ccc(F)c(F)c1F. The monoisotopic (exact) mass is 273 g/mol. The average Bonchev–Trinajstić information content (AvgIpc) is 2.41. The van der Waals surface area contributed by atoms with Gasteiger partial charge in [-0.25, -0.2) is 13.2 Å². The van der Waals surface area contributed by atoms with Crippen molar-refractivity contribution in [1.82, 2.24) is 5.32 Å². The largest absolute Gasteiger partial charge is 0.310 e. The fourth-order valence-electron chi connectivity index (χ4n) is 2.09. The van der Waals surface area contributed by atoms with Crippen molar-refractivity contribution in [1.29, 1.82) is 0 Å². The Balaban J connectivity index is 2.86. The first-order valence-electron chi connectivity index (χ1n) is 6.98. The highest BCUT2D eigenvalue weighted by molar-refractivity contribution is 5.23. The molecule has 0 aliphatic heterocycles. The summed E-state index contributed by atoms with van der Waals surface area (Å²) in [4.78, 5) is 0. The molecular weight excluding hydrogens is 251 g/mol. The van der Waals surface area contributed by atoms with Crippen LogP contribution >= 0.6 is 0 Å². The van der Waals surface area contributed by atoms with Gasteiger partial charge in [-0.1, -0.05) is 39.2 Å². The first-order chi connectivity index (χ1) is 9.11. The van der Waals surface area contributed by atoms with Gasteiger partial charge in [-0.15, -0.1) is 0 Å². The fraction of sp³-hybridized carbons (Fsp3) is 0.600. The Labute approximate surface area is 113 Å². The first-order valence-corrected chi connectivity index (χ1v) is 6.98. The molecule has 1 unspecified atom stereocenters. The molecule has 0 heterocycles. The van der Waals surface area contributed by atoms with Gasteiger partial charge in [0, 0.05) is 11.6 Å². The standard InChI is InChI=1S/C15H22F3N/c1-3-5-6-7-13(19-10-4-2)11-8-9-12(16)15(18)14(11)17/h8-9,13,19H,3-7,10H2,1-2H3. The molecule has 0 saturated heterocycles. The summed E-state index contributed by atoms with van der Waals surface area (Å²) in [5.74, 6) is -3.58. The first kappa shape index (κ1) is 16.0. The molecule has 1 nitrogen and oxygen atoms in total. The second kappa shape index (κ2) is 8.20. The third kappa shape index (κ3) is 4.53. The second-order valence-corrected chi connectivity index (χ2v) is 4.77. The number of halogens is 3. The molecule has 0 aromatic heterocycles. The van der Waals surface area contributed by atoms with E-state index in [4.69, 9.17) is 0 Å². The molecule has 0 amide bonds. The van der Waals surface area contributed by atoms with Crippen LogP contribution in [0.5, 0.6) is 0 Å². The molecule has 4 heteroatoms. The van der Waals surface area contributed by atoms with Gasteiger partial charge < -0.3 is 5.32 Å². The van der Waals surface area contributed by atoms with Crippen LogP contribution in [0.4, 0.5) is 13.2 Å². The van der Waals surface area contributed by atoms with Gasteiger partial charge in [0.15, 0.2) is 17.5 Å². The van der Waals surface area contributed by atoms with Crippen molar-refractivity contribution in [3.05, 3.63) is 35.1 Å². The molecule has 0 aliphatic rings. The van der Waals surface area contributed by atoms with E-state index in [9.17, 15) is 13.2 Å². The smallest absolute Gasteiger partial charge is 0.194 e. The molecule has 108 valence electrons. The Bertz CT molecular complexity index is 393. The van der Waals surface area contributed by atoms with E-state index < -0.39 is 17.5 Å². The van der Waals surface area contributed by atoms with Crippen molar-refractivity contribution >= 4 is 0 Å². The lowest BCUT2D eigenvalue weighted by molar-refractivity contribution is 0.411. The van der Waals surface area contributed by atoms with E-state index >= 15 is 0 Å². The van der Waals surface area contributed by atoms with Crippen molar-refractivity contribution in [2.75, 3.05) is 6.54 Å². The summed E-state index contributed by atoms with van der Waals surface area (Å²) in [6.07, 6.45) is 4.71. The maximum Gasteiger partial charge on any atom is 0.194 e. The van der Waals surface area contributed by atoms with Crippen LogP contribution in [0.2, 0.25) is 0 Å². The molecule has 0 radical (unpaired) electrons. The molecule has 19 heavy (non-hydrogen) atoms. The van der Waals surface area contributed by atoms with Crippen molar-refractivity contribution < 1.29 is 13.2 Å². The highest BCUT2D eigenvalue weighted by Gasteiger charge is 2.20. The lowest BCUT2D eigenvalue weighted by Crippen LogP contribution is -2.23. The summed E-state index contributed by atoms with van der Waals surface area (Å²) >= 11 is 0. The molecule has 0 bridgehead atoms. The van der Waals surface area contributed by atoms with Crippen molar-refractivity contribution in [2.45, 2.75) is 52.0 Å². The van der Waals surface area contributed by atoms with E-state index in [1.807, 2.05) is 6.92 Å². The molecule has 1 atom stereocenters. The molecule has 0 fully saturated rings. The van der Waals surface area contributed by atoms with Crippen LogP contribution in [0.25, 0.3) is 0 Å². The maximum atomic E-state index is 13.8. The van der Waals surface area contributed by atoms with Gasteiger partial charge in [0.1, 0.15) is 0 Å².